The molecule has 8 heteroatoms. The number of hydrogen-bond acceptors (Lipinski definition) is 5. The highest BCUT2D eigenvalue weighted by Gasteiger charge is 2.37. The maximum atomic E-state index is 12.6. The molecule has 1 aromatic rings. The van der Waals surface area contributed by atoms with Crippen LogP contribution in [0.1, 0.15) is 24.8 Å². The Morgan fingerprint density at radius 3 is 2.65 bits per heavy atom. The second-order valence-electron chi connectivity index (χ2n) is 6.10. The Balaban J connectivity index is 1.71. The van der Waals surface area contributed by atoms with Crippen molar-refractivity contribution in [1.82, 2.24) is 9.80 Å². The zero-order valence-electron chi connectivity index (χ0n) is 14.4. The summed E-state index contributed by atoms with van der Waals surface area (Å²) in [5.74, 6) is 0.0973. The molecule has 0 spiro atoms. The average Bonchev–Trinajstić information content (AvgIpc) is 2.90. The molecule has 0 saturated carbocycles. The third-order valence-electron chi connectivity index (χ3n) is 4.35. The van der Waals surface area contributed by atoms with Crippen LogP contribution < -0.4 is 4.74 Å². The number of halogens is 1. The van der Waals surface area contributed by atoms with Gasteiger partial charge in [0.1, 0.15) is 12.3 Å². The fraction of sp³-hybridized carbons (Fsp3) is 0.389. The largest absolute Gasteiger partial charge is 0.496 e. The van der Waals surface area contributed by atoms with Crippen LogP contribution in [0.5, 0.6) is 5.75 Å². The van der Waals surface area contributed by atoms with Crippen molar-refractivity contribution in [2.45, 2.75) is 19.3 Å². The van der Waals surface area contributed by atoms with Gasteiger partial charge in [-0.1, -0.05) is 6.07 Å². The smallest absolute Gasteiger partial charge is 0.294 e. The summed E-state index contributed by atoms with van der Waals surface area (Å²) >= 11 is 4.26. The van der Waals surface area contributed by atoms with Crippen molar-refractivity contribution in [2.75, 3.05) is 26.7 Å². The van der Waals surface area contributed by atoms with Crippen LogP contribution in [0.15, 0.2) is 27.6 Å². The first kappa shape index (κ1) is 19.0. The highest BCUT2D eigenvalue weighted by atomic mass is 79.9. The summed E-state index contributed by atoms with van der Waals surface area (Å²) in [4.78, 5) is 40.2. The van der Waals surface area contributed by atoms with Gasteiger partial charge in [0.15, 0.2) is 0 Å². The number of amides is 3. The molecule has 2 aliphatic heterocycles. The van der Waals surface area contributed by atoms with Gasteiger partial charge in [-0.2, -0.15) is 0 Å². The van der Waals surface area contributed by atoms with E-state index in [9.17, 15) is 14.4 Å². The number of thioether (sulfide) groups is 1. The quantitative estimate of drug-likeness (QED) is 0.672. The van der Waals surface area contributed by atoms with Crippen LogP contribution >= 0.6 is 27.7 Å². The maximum absolute atomic E-state index is 12.6. The van der Waals surface area contributed by atoms with Gasteiger partial charge in [0.05, 0.1) is 16.5 Å². The molecular formula is C18H19BrN2O4S. The van der Waals surface area contributed by atoms with Gasteiger partial charge in [-0.15, -0.1) is 0 Å². The lowest BCUT2D eigenvalue weighted by Crippen LogP contribution is -2.44. The number of benzene rings is 1. The van der Waals surface area contributed by atoms with E-state index in [0.29, 0.717) is 23.7 Å². The first-order valence-corrected chi connectivity index (χ1v) is 9.97. The molecule has 2 fully saturated rings. The number of piperidine rings is 1. The molecule has 1 aromatic carbocycles. The van der Waals surface area contributed by atoms with Crippen molar-refractivity contribution in [3.05, 3.63) is 33.1 Å². The Morgan fingerprint density at radius 2 is 2.00 bits per heavy atom. The van der Waals surface area contributed by atoms with Crippen LogP contribution in [-0.4, -0.2) is 53.6 Å². The Labute approximate surface area is 164 Å². The third-order valence-corrected chi connectivity index (χ3v) is 5.88. The fourth-order valence-corrected chi connectivity index (χ4v) is 4.34. The minimum absolute atomic E-state index is 0.166. The van der Waals surface area contributed by atoms with Gasteiger partial charge in [-0.3, -0.25) is 19.3 Å². The Bertz CT molecular complexity index is 774. The highest BCUT2D eigenvalue weighted by molar-refractivity contribution is 9.10. The van der Waals surface area contributed by atoms with Crippen LogP contribution in [-0.2, 0) is 9.59 Å². The SMILES string of the molecule is COc1ccc(/C=C2\SC(=O)N(CC(=O)N3CCCCC3)C2=O)cc1Br. The number of nitrogens with zero attached hydrogens (tertiary/aromatic N) is 2. The summed E-state index contributed by atoms with van der Waals surface area (Å²) in [7, 11) is 1.57. The van der Waals surface area contributed by atoms with Crippen LogP contribution in [0, 0.1) is 0 Å². The van der Waals surface area contributed by atoms with Gasteiger partial charge >= 0.3 is 0 Å². The van der Waals surface area contributed by atoms with E-state index in [0.717, 1.165) is 46.0 Å². The molecule has 0 radical (unpaired) electrons. The number of imide groups is 1. The molecule has 3 rings (SSSR count). The number of rotatable bonds is 4. The summed E-state index contributed by atoms with van der Waals surface area (Å²) in [6.07, 6.45) is 4.71. The van der Waals surface area contributed by atoms with Crippen molar-refractivity contribution < 1.29 is 19.1 Å². The normalized spacial score (nSPS) is 19.4. The first-order chi connectivity index (χ1) is 12.5. The second kappa shape index (κ2) is 8.26. The average molecular weight is 439 g/mol. The monoisotopic (exact) mass is 438 g/mol. The Hall–Kier alpha value is -1.80. The van der Waals surface area contributed by atoms with Gasteiger partial charge in [-0.25, -0.2) is 0 Å². The molecule has 0 aliphatic carbocycles. The third kappa shape index (κ3) is 4.12. The molecule has 0 aromatic heterocycles. The van der Waals surface area contributed by atoms with Crippen molar-refractivity contribution in [1.29, 1.82) is 0 Å². The standard InChI is InChI=1S/C18H19BrN2O4S/c1-25-14-6-5-12(9-13(14)19)10-15-17(23)21(18(24)26-15)11-16(22)20-7-3-2-4-8-20/h5-6,9-10H,2-4,7-8,11H2,1H3/b15-10-. The zero-order valence-corrected chi connectivity index (χ0v) is 16.8. The van der Waals surface area contributed by atoms with E-state index in [4.69, 9.17) is 4.74 Å². The van der Waals surface area contributed by atoms with Gasteiger partial charge in [0, 0.05) is 13.1 Å². The van der Waals surface area contributed by atoms with E-state index in [1.807, 2.05) is 6.07 Å². The molecular weight excluding hydrogens is 420 g/mol. The molecule has 0 atom stereocenters. The molecule has 0 bridgehead atoms. The molecule has 2 aliphatic rings. The minimum atomic E-state index is -0.419. The number of likely N-dealkylation sites (tertiary alicyclic amines) is 1. The zero-order chi connectivity index (χ0) is 18.7. The molecule has 0 N–H and O–H groups in total. The van der Waals surface area contributed by atoms with E-state index >= 15 is 0 Å². The predicted molar refractivity (Wildman–Crippen MR) is 104 cm³/mol. The van der Waals surface area contributed by atoms with E-state index in [1.165, 1.54) is 0 Å². The summed E-state index contributed by atoms with van der Waals surface area (Å²) in [5.41, 5.74) is 0.769. The molecule has 3 amide bonds. The first-order valence-electron chi connectivity index (χ1n) is 8.36. The summed E-state index contributed by atoms with van der Waals surface area (Å²) in [6, 6.07) is 5.39. The van der Waals surface area contributed by atoms with Gasteiger partial charge in [0.25, 0.3) is 11.1 Å². The van der Waals surface area contributed by atoms with Crippen molar-refractivity contribution in [3.63, 3.8) is 0 Å². The van der Waals surface area contributed by atoms with Crippen LogP contribution in [0.4, 0.5) is 4.79 Å². The Kier molecular flexibility index (Phi) is 6.03. The van der Waals surface area contributed by atoms with Gasteiger partial charge in [-0.05, 0) is 70.7 Å². The lowest BCUT2D eigenvalue weighted by molar-refractivity contribution is -0.136. The van der Waals surface area contributed by atoms with Crippen molar-refractivity contribution in [2.24, 2.45) is 0 Å². The molecule has 2 saturated heterocycles. The van der Waals surface area contributed by atoms with E-state index in [1.54, 1.807) is 30.2 Å². The van der Waals surface area contributed by atoms with E-state index in [-0.39, 0.29) is 12.5 Å². The number of ether oxygens (including phenoxy) is 1. The fourth-order valence-electron chi connectivity index (χ4n) is 2.94. The van der Waals surface area contributed by atoms with Crippen LogP contribution in [0.2, 0.25) is 0 Å². The minimum Gasteiger partial charge on any atom is -0.496 e. The molecule has 2 heterocycles. The molecule has 26 heavy (non-hydrogen) atoms. The van der Waals surface area contributed by atoms with Gasteiger partial charge < -0.3 is 9.64 Å². The number of methoxy groups -OCH3 is 1. The van der Waals surface area contributed by atoms with Crippen LogP contribution in [0.25, 0.3) is 6.08 Å². The van der Waals surface area contributed by atoms with E-state index in [2.05, 4.69) is 15.9 Å². The summed E-state index contributed by atoms with van der Waals surface area (Å²) in [5, 5.41) is -0.404. The topological polar surface area (TPSA) is 66.9 Å². The lowest BCUT2D eigenvalue weighted by Gasteiger charge is -2.27. The molecule has 0 unspecified atom stereocenters. The van der Waals surface area contributed by atoms with E-state index < -0.39 is 11.1 Å². The second-order valence-corrected chi connectivity index (χ2v) is 7.95. The number of hydrogen-bond donors (Lipinski definition) is 0. The number of carbonyl (C=O) groups is 3. The van der Waals surface area contributed by atoms with Crippen molar-refractivity contribution >= 4 is 50.8 Å². The molecule has 138 valence electrons. The summed E-state index contributed by atoms with van der Waals surface area (Å²) in [6.45, 7) is 1.21. The predicted octanol–water partition coefficient (Wildman–Crippen LogP) is 3.51. The van der Waals surface area contributed by atoms with Crippen molar-refractivity contribution in [3.8, 4) is 5.75 Å². The van der Waals surface area contributed by atoms with Gasteiger partial charge in [0.2, 0.25) is 5.91 Å². The number of carbonyl (C=O) groups excluding carboxylic acids is 3. The highest BCUT2D eigenvalue weighted by Crippen LogP contribution is 2.33. The lowest BCUT2D eigenvalue weighted by atomic mass is 10.1. The maximum Gasteiger partial charge on any atom is 0.294 e. The molecule has 6 nitrogen and oxygen atoms in total. The summed E-state index contributed by atoms with van der Waals surface area (Å²) < 4.78 is 5.94. The Morgan fingerprint density at radius 1 is 1.27 bits per heavy atom. The van der Waals surface area contributed by atoms with Crippen LogP contribution in [0.3, 0.4) is 0 Å².